The molecule has 2 aromatic rings. The lowest BCUT2D eigenvalue weighted by atomic mass is 10.1. The number of esters is 2. The molecule has 3 rings (SSSR count). The third-order valence-corrected chi connectivity index (χ3v) is 4.94. The number of aryl methyl sites for hydroxylation is 2. The van der Waals surface area contributed by atoms with Crippen molar-refractivity contribution < 1.29 is 33.3 Å². The molecule has 8 heteroatoms. The van der Waals surface area contributed by atoms with Crippen molar-refractivity contribution in [2.24, 2.45) is 0 Å². The fourth-order valence-electron chi connectivity index (χ4n) is 2.80. The second kappa shape index (κ2) is 8.49. The van der Waals surface area contributed by atoms with Gasteiger partial charge in [0.05, 0.1) is 11.1 Å². The predicted molar refractivity (Wildman–Crippen MR) is 102 cm³/mol. The summed E-state index contributed by atoms with van der Waals surface area (Å²) in [5.41, 5.74) is 2.37. The fraction of sp³-hybridized carbons (Fsp3) is 0.333. The molecule has 0 aliphatic carbocycles. The third kappa shape index (κ3) is 4.75. The van der Waals surface area contributed by atoms with E-state index in [0.717, 1.165) is 11.1 Å². The Morgan fingerprint density at radius 3 is 2.03 bits per heavy atom. The van der Waals surface area contributed by atoms with Crippen LogP contribution in [0, 0.1) is 13.8 Å². The number of benzene rings is 2. The Balaban J connectivity index is 1.69. The lowest BCUT2D eigenvalue weighted by Gasteiger charge is -2.23. The zero-order valence-corrected chi connectivity index (χ0v) is 16.6. The minimum absolute atomic E-state index is 0.180. The fourth-order valence-corrected chi connectivity index (χ4v) is 3.04. The number of ether oxygens (including phenoxy) is 3. The summed E-state index contributed by atoms with van der Waals surface area (Å²) in [7, 11) is 0. The normalized spacial score (nSPS) is 26.2. The van der Waals surface area contributed by atoms with E-state index in [1.807, 2.05) is 13.8 Å². The van der Waals surface area contributed by atoms with Crippen LogP contribution in [0.5, 0.6) is 0 Å². The predicted octanol–water partition coefficient (Wildman–Crippen LogP) is 3.31. The quantitative estimate of drug-likeness (QED) is 0.588. The number of aliphatic hydroxyl groups excluding tert-OH is 1. The summed E-state index contributed by atoms with van der Waals surface area (Å²) in [6, 6.07) is 13.1. The monoisotopic (exact) mass is 422 g/mol. The SMILES string of the molecule is Cc1ccc(C(=O)OC[C@H]2OC(O)[C@@](F)(Cl)[C@@H]2OC(=O)c2ccc(C)cc2)cc1. The van der Waals surface area contributed by atoms with Gasteiger partial charge in [0, 0.05) is 0 Å². The van der Waals surface area contributed by atoms with Crippen LogP contribution in [0.3, 0.4) is 0 Å². The van der Waals surface area contributed by atoms with Crippen LogP contribution in [-0.4, -0.2) is 47.3 Å². The van der Waals surface area contributed by atoms with Crippen LogP contribution < -0.4 is 0 Å². The van der Waals surface area contributed by atoms with Gasteiger partial charge < -0.3 is 19.3 Å². The minimum atomic E-state index is -2.89. The van der Waals surface area contributed by atoms with Crippen molar-refractivity contribution >= 4 is 23.5 Å². The van der Waals surface area contributed by atoms with Crippen LogP contribution in [0.4, 0.5) is 4.39 Å². The molecule has 0 spiro atoms. The highest BCUT2D eigenvalue weighted by molar-refractivity contribution is 6.24. The van der Waals surface area contributed by atoms with Gasteiger partial charge >= 0.3 is 11.9 Å². The van der Waals surface area contributed by atoms with Crippen molar-refractivity contribution in [1.29, 1.82) is 0 Å². The second-order valence-electron chi connectivity index (χ2n) is 6.86. The summed E-state index contributed by atoms with van der Waals surface area (Å²) in [6.07, 6.45) is -5.02. The molecule has 1 heterocycles. The van der Waals surface area contributed by atoms with Gasteiger partial charge in [-0.3, -0.25) is 0 Å². The van der Waals surface area contributed by atoms with Crippen molar-refractivity contribution in [2.45, 2.75) is 37.5 Å². The third-order valence-electron chi connectivity index (χ3n) is 4.54. The molecule has 0 radical (unpaired) electrons. The van der Waals surface area contributed by atoms with Crippen LogP contribution in [0.25, 0.3) is 0 Å². The van der Waals surface area contributed by atoms with Gasteiger partial charge in [0.15, 0.2) is 6.10 Å². The van der Waals surface area contributed by atoms with E-state index in [-0.39, 0.29) is 5.56 Å². The number of rotatable bonds is 5. The number of hydrogen-bond acceptors (Lipinski definition) is 6. The number of alkyl halides is 2. The summed E-state index contributed by atoms with van der Waals surface area (Å²) < 4.78 is 30.1. The summed E-state index contributed by atoms with van der Waals surface area (Å²) in [6.45, 7) is 3.26. The van der Waals surface area contributed by atoms with E-state index >= 15 is 0 Å². The molecule has 0 amide bonds. The van der Waals surface area contributed by atoms with Crippen molar-refractivity contribution in [2.75, 3.05) is 6.61 Å². The minimum Gasteiger partial charge on any atom is -0.459 e. The van der Waals surface area contributed by atoms with Crippen molar-refractivity contribution in [3.05, 3.63) is 70.8 Å². The highest BCUT2D eigenvalue weighted by Gasteiger charge is 2.59. The maximum absolute atomic E-state index is 14.7. The lowest BCUT2D eigenvalue weighted by molar-refractivity contribution is -0.129. The Morgan fingerprint density at radius 1 is 1.03 bits per heavy atom. The molecule has 2 aromatic carbocycles. The van der Waals surface area contributed by atoms with E-state index in [2.05, 4.69) is 0 Å². The van der Waals surface area contributed by atoms with Gasteiger partial charge in [0.25, 0.3) is 5.13 Å². The van der Waals surface area contributed by atoms with Crippen LogP contribution in [0.1, 0.15) is 31.8 Å². The van der Waals surface area contributed by atoms with Crippen molar-refractivity contribution in [1.82, 2.24) is 0 Å². The standard InChI is InChI=1S/C21H20ClFO6/c1-12-3-7-14(8-4-12)18(24)27-11-16-17(21(22,23)20(26)28-16)29-19(25)15-9-5-13(2)6-10-15/h3-10,16-17,20,26H,11H2,1-2H3/t16-,17-,20?,21-/m1/s1. The summed E-state index contributed by atoms with van der Waals surface area (Å²) in [5.74, 6) is -1.51. The highest BCUT2D eigenvalue weighted by Crippen LogP contribution is 2.39. The summed E-state index contributed by atoms with van der Waals surface area (Å²) in [5, 5.41) is 6.88. The van der Waals surface area contributed by atoms with Gasteiger partial charge in [0.2, 0.25) is 6.29 Å². The molecule has 4 atom stereocenters. The van der Waals surface area contributed by atoms with E-state index in [4.69, 9.17) is 25.8 Å². The molecule has 6 nitrogen and oxygen atoms in total. The molecule has 154 valence electrons. The van der Waals surface area contributed by atoms with E-state index in [1.54, 1.807) is 36.4 Å². The average molecular weight is 423 g/mol. The van der Waals surface area contributed by atoms with E-state index in [1.165, 1.54) is 12.1 Å². The molecule has 1 saturated heterocycles. The first-order valence-corrected chi connectivity index (χ1v) is 9.29. The van der Waals surface area contributed by atoms with Gasteiger partial charge in [0.1, 0.15) is 12.7 Å². The molecular weight excluding hydrogens is 403 g/mol. The largest absolute Gasteiger partial charge is 0.459 e. The van der Waals surface area contributed by atoms with E-state index in [0.29, 0.717) is 5.56 Å². The van der Waals surface area contributed by atoms with Crippen molar-refractivity contribution in [3.8, 4) is 0 Å². The highest BCUT2D eigenvalue weighted by atomic mass is 35.5. The molecule has 1 fully saturated rings. The molecular formula is C21H20ClFO6. The van der Waals surface area contributed by atoms with Crippen LogP contribution in [0.15, 0.2) is 48.5 Å². The molecule has 1 aliphatic heterocycles. The Labute approximate surface area is 172 Å². The molecule has 0 aromatic heterocycles. The maximum Gasteiger partial charge on any atom is 0.338 e. The van der Waals surface area contributed by atoms with Gasteiger partial charge in [-0.1, -0.05) is 47.0 Å². The second-order valence-corrected chi connectivity index (χ2v) is 7.44. The molecule has 29 heavy (non-hydrogen) atoms. The first kappa shape index (κ1) is 21.2. The topological polar surface area (TPSA) is 82.1 Å². The number of carbonyl (C=O) groups excluding carboxylic acids is 2. The van der Waals surface area contributed by atoms with Crippen LogP contribution >= 0.6 is 11.6 Å². The molecule has 1 aliphatic rings. The van der Waals surface area contributed by atoms with Crippen LogP contribution in [0.2, 0.25) is 0 Å². The maximum atomic E-state index is 14.7. The molecule has 1 unspecified atom stereocenters. The Morgan fingerprint density at radius 2 is 1.52 bits per heavy atom. The first-order valence-electron chi connectivity index (χ1n) is 8.91. The zero-order chi connectivity index (χ0) is 21.2. The van der Waals surface area contributed by atoms with Gasteiger partial charge in [-0.25, -0.2) is 14.0 Å². The number of aliphatic hydroxyl groups is 1. The van der Waals surface area contributed by atoms with Gasteiger partial charge in [-0.15, -0.1) is 0 Å². The Kier molecular flexibility index (Phi) is 6.21. The summed E-state index contributed by atoms with van der Waals surface area (Å²) >= 11 is 5.73. The van der Waals surface area contributed by atoms with E-state index < -0.39 is 42.2 Å². The molecule has 0 saturated carbocycles. The van der Waals surface area contributed by atoms with E-state index in [9.17, 15) is 19.1 Å². The first-order chi connectivity index (χ1) is 13.7. The molecule has 1 N–H and O–H groups in total. The van der Waals surface area contributed by atoms with Gasteiger partial charge in [-0.2, -0.15) is 0 Å². The number of halogens is 2. The van der Waals surface area contributed by atoms with Crippen LogP contribution in [-0.2, 0) is 14.2 Å². The average Bonchev–Trinajstić information content (AvgIpc) is 2.90. The smallest absolute Gasteiger partial charge is 0.338 e. The number of hydrogen-bond donors (Lipinski definition) is 1. The van der Waals surface area contributed by atoms with Crippen molar-refractivity contribution in [3.63, 3.8) is 0 Å². The molecule has 0 bridgehead atoms. The zero-order valence-electron chi connectivity index (χ0n) is 15.8. The van der Waals surface area contributed by atoms with Gasteiger partial charge in [-0.05, 0) is 38.1 Å². The lowest BCUT2D eigenvalue weighted by Crippen LogP contribution is -2.43. The number of carbonyl (C=O) groups is 2. The Hall–Kier alpha value is -2.48. The Bertz CT molecular complexity index is 881. The summed E-state index contributed by atoms with van der Waals surface area (Å²) in [4.78, 5) is 24.5.